The van der Waals surface area contributed by atoms with Crippen LogP contribution >= 0.6 is 0 Å². The van der Waals surface area contributed by atoms with Crippen molar-refractivity contribution in [2.75, 3.05) is 0 Å². The number of fused-ring (bicyclic) bond motifs is 1. The number of rotatable bonds is 0. The Hall–Kier alpha value is -1.44. The third-order valence-electron chi connectivity index (χ3n) is 3.18. The van der Waals surface area contributed by atoms with Gasteiger partial charge in [0, 0.05) is 11.1 Å². The summed E-state index contributed by atoms with van der Waals surface area (Å²) in [5.41, 5.74) is 3.42. The van der Waals surface area contributed by atoms with Gasteiger partial charge in [0.05, 0.1) is 0 Å². The SMILES string of the molecule is Cc1cc2cc(C(C)(C)C)cc(F)c2nc1C. The molecule has 2 aromatic rings. The minimum Gasteiger partial charge on any atom is -0.250 e. The molecule has 0 spiro atoms. The van der Waals surface area contributed by atoms with Gasteiger partial charge < -0.3 is 0 Å². The lowest BCUT2D eigenvalue weighted by molar-refractivity contribution is 0.576. The minimum atomic E-state index is -0.226. The van der Waals surface area contributed by atoms with Crippen LogP contribution in [0.15, 0.2) is 18.2 Å². The van der Waals surface area contributed by atoms with Crippen molar-refractivity contribution in [3.05, 3.63) is 40.8 Å². The van der Waals surface area contributed by atoms with Crippen molar-refractivity contribution in [1.82, 2.24) is 4.98 Å². The van der Waals surface area contributed by atoms with E-state index in [1.807, 2.05) is 26.0 Å². The Morgan fingerprint density at radius 3 is 2.29 bits per heavy atom. The molecule has 2 heteroatoms. The highest BCUT2D eigenvalue weighted by Gasteiger charge is 2.17. The van der Waals surface area contributed by atoms with Gasteiger partial charge >= 0.3 is 0 Å². The molecule has 0 aliphatic carbocycles. The van der Waals surface area contributed by atoms with Crippen LogP contribution in [-0.4, -0.2) is 4.98 Å². The summed E-state index contributed by atoms with van der Waals surface area (Å²) in [6.45, 7) is 10.2. The molecule has 1 nitrogen and oxygen atoms in total. The first-order valence-corrected chi connectivity index (χ1v) is 5.87. The molecule has 0 aliphatic rings. The molecule has 1 aromatic heterocycles. The summed E-state index contributed by atoms with van der Waals surface area (Å²) in [5, 5.41) is 0.887. The van der Waals surface area contributed by atoms with Crippen molar-refractivity contribution >= 4 is 10.9 Å². The van der Waals surface area contributed by atoms with E-state index < -0.39 is 0 Å². The first kappa shape index (κ1) is 12.0. The highest BCUT2D eigenvalue weighted by atomic mass is 19.1. The molecule has 2 rings (SSSR count). The quantitative estimate of drug-likeness (QED) is 0.659. The van der Waals surface area contributed by atoms with E-state index in [4.69, 9.17) is 0 Å². The average molecular weight is 231 g/mol. The second-order valence-corrected chi connectivity index (χ2v) is 5.67. The number of aryl methyl sites for hydroxylation is 2. The Labute approximate surface area is 102 Å². The van der Waals surface area contributed by atoms with Crippen LogP contribution in [0.2, 0.25) is 0 Å². The molecule has 0 unspecified atom stereocenters. The number of aromatic nitrogens is 1. The summed E-state index contributed by atoms with van der Waals surface area (Å²) >= 11 is 0. The molecule has 1 aromatic carbocycles. The van der Waals surface area contributed by atoms with Crippen LogP contribution in [0.5, 0.6) is 0 Å². The molecule has 1 heterocycles. The second-order valence-electron chi connectivity index (χ2n) is 5.67. The highest BCUT2D eigenvalue weighted by molar-refractivity contribution is 5.81. The van der Waals surface area contributed by atoms with E-state index in [2.05, 4.69) is 25.8 Å². The lowest BCUT2D eigenvalue weighted by Gasteiger charge is -2.20. The van der Waals surface area contributed by atoms with Crippen molar-refractivity contribution < 1.29 is 4.39 Å². The third kappa shape index (κ3) is 2.17. The van der Waals surface area contributed by atoms with E-state index in [9.17, 15) is 4.39 Å². The summed E-state index contributed by atoms with van der Waals surface area (Å²) in [7, 11) is 0. The van der Waals surface area contributed by atoms with Crippen LogP contribution in [-0.2, 0) is 5.41 Å². The molecule has 0 amide bonds. The van der Waals surface area contributed by atoms with E-state index in [0.717, 1.165) is 22.2 Å². The van der Waals surface area contributed by atoms with Crippen LogP contribution in [0.4, 0.5) is 4.39 Å². The van der Waals surface area contributed by atoms with Crippen LogP contribution in [0.1, 0.15) is 37.6 Å². The average Bonchev–Trinajstić information content (AvgIpc) is 2.19. The van der Waals surface area contributed by atoms with Gasteiger partial charge in [0.25, 0.3) is 0 Å². The van der Waals surface area contributed by atoms with Crippen molar-refractivity contribution in [1.29, 1.82) is 0 Å². The molecule has 0 N–H and O–H groups in total. The molecule has 0 saturated carbocycles. The van der Waals surface area contributed by atoms with Gasteiger partial charge in [-0.15, -0.1) is 0 Å². The molecule has 0 saturated heterocycles. The first-order valence-electron chi connectivity index (χ1n) is 5.87. The van der Waals surface area contributed by atoms with E-state index in [0.29, 0.717) is 5.52 Å². The lowest BCUT2D eigenvalue weighted by Crippen LogP contribution is -2.11. The van der Waals surface area contributed by atoms with Gasteiger partial charge in [-0.1, -0.05) is 20.8 Å². The van der Waals surface area contributed by atoms with Crippen LogP contribution in [0.25, 0.3) is 10.9 Å². The van der Waals surface area contributed by atoms with E-state index in [1.54, 1.807) is 6.07 Å². The molecular formula is C15H18FN. The Balaban J connectivity index is 2.78. The van der Waals surface area contributed by atoms with Gasteiger partial charge in [-0.25, -0.2) is 9.37 Å². The largest absolute Gasteiger partial charge is 0.250 e. The summed E-state index contributed by atoms with van der Waals surface area (Å²) in [5.74, 6) is -0.226. The van der Waals surface area contributed by atoms with Crippen molar-refractivity contribution in [3.8, 4) is 0 Å². The topological polar surface area (TPSA) is 12.9 Å². The number of hydrogen-bond donors (Lipinski definition) is 0. The van der Waals surface area contributed by atoms with Gasteiger partial charge in [-0.05, 0) is 48.6 Å². The molecule has 0 aliphatic heterocycles. The predicted molar refractivity (Wildman–Crippen MR) is 69.9 cm³/mol. The highest BCUT2D eigenvalue weighted by Crippen LogP contribution is 2.28. The second kappa shape index (κ2) is 3.80. The normalized spacial score (nSPS) is 12.1. The Bertz CT molecular complexity index is 579. The summed E-state index contributed by atoms with van der Waals surface area (Å²) in [6.07, 6.45) is 0. The fourth-order valence-corrected chi connectivity index (χ4v) is 1.87. The first-order chi connectivity index (χ1) is 7.79. The van der Waals surface area contributed by atoms with Gasteiger partial charge in [-0.2, -0.15) is 0 Å². The Kier molecular flexibility index (Phi) is 2.69. The number of benzene rings is 1. The van der Waals surface area contributed by atoms with Crippen molar-refractivity contribution in [2.24, 2.45) is 0 Å². The predicted octanol–water partition coefficient (Wildman–Crippen LogP) is 4.29. The zero-order valence-electron chi connectivity index (χ0n) is 11.1. The van der Waals surface area contributed by atoms with Crippen LogP contribution in [0.3, 0.4) is 0 Å². The lowest BCUT2D eigenvalue weighted by atomic mass is 9.86. The van der Waals surface area contributed by atoms with Crippen LogP contribution < -0.4 is 0 Å². The molecule has 0 fully saturated rings. The number of hydrogen-bond acceptors (Lipinski definition) is 1. The maximum Gasteiger partial charge on any atom is 0.149 e. The standard InChI is InChI=1S/C15H18FN/c1-9-6-11-7-12(15(3,4)5)8-13(16)14(11)17-10(9)2/h6-8H,1-5H3. The number of nitrogens with zero attached hydrogens (tertiary/aromatic N) is 1. The fraction of sp³-hybridized carbons (Fsp3) is 0.400. The number of halogens is 1. The van der Waals surface area contributed by atoms with Gasteiger partial charge in [-0.3, -0.25) is 0 Å². The zero-order chi connectivity index (χ0) is 12.8. The fourth-order valence-electron chi connectivity index (χ4n) is 1.87. The zero-order valence-corrected chi connectivity index (χ0v) is 11.1. The van der Waals surface area contributed by atoms with Crippen molar-refractivity contribution in [3.63, 3.8) is 0 Å². The van der Waals surface area contributed by atoms with Gasteiger partial charge in [0.2, 0.25) is 0 Å². The third-order valence-corrected chi connectivity index (χ3v) is 3.18. The smallest absolute Gasteiger partial charge is 0.149 e. The minimum absolute atomic E-state index is 0.0478. The van der Waals surface area contributed by atoms with Gasteiger partial charge in [0.1, 0.15) is 11.3 Å². The van der Waals surface area contributed by atoms with Gasteiger partial charge in [0.15, 0.2) is 0 Å². The molecular weight excluding hydrogens is 213 g/mol. The van der Waals surface area contributed by atoms with Crippen LogP contribution in [0, 0.1) is 19.7 Å². The molecule has 0 radical (unpaired) electrons. The maximum absolute atomic E-state index is 14.0. The van der Waals surface area contributed by atoms with E-state index in [1.165, 1.54) is 0 Å². The summed E-state index contributed by atoms with van der Waals surface area (Å²) in [6, 6.07) is 5.65. The van der Waals surface area contributed by atoms with E-state index >= 15 is 0 Å². The molecule has 0 atom stereocenters. The molecule has 0 bridgehead atoms. The van der Waals surface area contributed by atoms with E-state index in [-0.39, 0.29) is 11.2 Å². The molecule has 17 heavy (non-hydrogen) atoms. The Morgan fingerprint density at radius 2 is 1.71 bits per heavy atom. The molecule has 90 valence electrons. The summed E-state index contributed by atoms with van der Waals surface area (Å²) in [4.78, 5) is 4.32. The van der Waals surface area contributed by atoms with Crippen molar-refractivity contribution in [2.45, 2.75) is 40.0 Å². The summed E-state index contributed by atoms with van der Waals surface area (Å²) < 4.78 is 14.0. The Morgan fingerprint density at radius 1 is 1.06 bits per heavy atom. The number of pyridine rings is 1. The maximum atomic E-state index is 14.0. The monoisotopic (exact) mass is 231 g/mol.